The molecule has 0 bridgehead atoms. The number of aromatic nitrogens is 8. The van der Waals surface area contributed by atoms with Gasteiger partial charge >= 0.3 is 0 Å². The number of amides is 1. The number of rotatable bonds is 17. The molecule has 3 aromatic carbocycles. The minimum Gasteiger partial charge on any atom is -0.344 e. The summed E-state index contributed by atoms with van der Waals surface area (Å²) >= 11 is 6.68. The molecule has 0 spiro atoms. The molecule has 4 heterocycles. The molecule has 7 aromatic rings. The molecule has 2 fully saturated rings. The SMILES string of the molecule is Cc1ncc(-c2ccc3c(=O)n(-c4ccc(Cl)c5c(NS(=O)(=O)C6CC6)nn(CC(F)F)c45)c([C@H](Cc4cc(F)cc(F)c4)NC(=O)Cn4nc(C(F)F)c(C5C[C@H]5CF)c4CF)nc3c2)cn1. The van der Waals surface area contributed by atoms with E-state index < -0.39 is 125 Å². The lowest BCUT2D eigenvalue weighted by molar-refractivity contribution is -0.122. The molecule has 356 valence electrons. The highest BCUT2D eigenvalue weighted by molar-refractivity contribution is 7.93. The number of carbonyl (C=O) groups excluding carboxylic acids is 1. The first kappa shape index (κ1) is 46.6. The predicted molar refractivity (Wildman–Crippen MR) is 233 cm³/mol. The van der Waals surface area contributed by atoms with Crippen LogP contribution in [0.25, 0.3) is 38.6 Å². The van der Waals surface area contributed by atoms with Crippen molar-refractivity contribution in [3.63, 3.8) is 0 Å². The largest absolute Gasteiger partial charge is 0.344 e. The molecule has 0 aliphatic heterocycles. The number of benzene rings is 3. The zero-order chi connectivity index (χ0) is 48.3. The van der Waals surface area contributed by atoms with Gasteiger partial charge in [-0.15, -0.1) is 0 Å². The molecule has 1 unspecified atom stereocenters. The maximum absolute atomic E-state index is 15.2. The number of halogens is 9. The molecule has 3 atom stereocenters. The summed E-state index contributed by atoms with van der Waals surface area (Å²) in [7, 11) is -4.09. The number of sulfonamides is 1. The van der Waals surface area contributed by atoms with Crippen LogP contribution < -0.4 is 15.6 Å². The summed E-state index contributed by atoms with van der Waals surface area (Å²) in [5.41, 5.74) is -2.02. The third kappa shape index (κ3) is 9.11. The van der Waals surface area contributed by atoms with Gasteiger partial charge < -0.3 is 5.32 Å². The number of carbonyl (C=O) groups is 1. The van der Waals surface area contributed by atoms with Crippen molar-refractivity contribution in [2.24, 2.45) is 5.92 Å². The fourth-order valence-electron chi connectivity index (χ4n) is 8.45. The van der Waals surface area contributed by atoms with E-state index in [0.29, 0.717) is 40.5 Å². The van der Waals surface area contributed by atoms with Gasteiger partial charge in [0.05, 0.1) is 56.2 Å². The first-order valence-electron chi connectivity index (χ1n) is 21.0. The minimum absolute atomic E-state index is 0.0157. The first-order chi connectivity index (χ1) is 32.4. The fourth-order valence-corrected chi connectivity index (χ4v) is 10.0. The Morgan fingerprint density at radius 3 is 2.29 bits per heavy atom. The van der Waals surface area contributed by atoms with Gasteiger partial charge in [0, 0.05) is 36.0 Å². The summed E-state index contributed by atoms with van der Waals surface area (Å²) in [5, 5.41) is 9.46. The van der Waals surface area contributed by atoms with E-state index in [0.717, 1.165) is 21.4 Å². The zero-order valence-electron chi connectivity index (χ0n) is 35.4. The number of fused-ring (bicyclic) bond motifs is 2. The molecule has 2 saturated carbocycles. The maximum atomic E-state index is 15.2. The maximum Gasteiger partial charge on any atom is 0.282 e. The van der Waals surface area contributed by atoms with E-state index in [9.17, 15) is 48.3 Å². The van der Waals surface area contributed by atoms with Crippen LogP contribution in [-0.2, 0) is 41.0 Å². The summed E-state index contributed by atoms with van der Waals surface area (Å²) in [5.74, 6) is -4.90. The Hall–Kier alpha value is -6.49. The van der Waals surface area contributed by atoms with E-state index in [1.54, 1.807) is 13.0 Å². The number of alkyl halides is 6. The molecule has 4 aromatic heterocycles. The molecule has 2 N–H and O–H groups in total. The second kappa shape index (κ2) is 18.2. The highest BCUT2D eigenvalue weighted by atomic mass is 35.5. The van der Waals surface area contributed by atoms with Crippen LogP contribution in [0.3, 0.4) is 0 Å². The van der Waals surface area contributed by atoms with Gasteiger partial charge in [-0.05, 0) is 85.5 Å². The lowest BCUT2D eigenvalue weighted by atomic mass is 10.0. The smallest absolute Gasteiger partial charge is 0.282 e. The van der Waals surface area contributed by atoms with Gasteiger partial charge in [0.25, 0.3) is 18.4 Å². The first-order valence-corrected chi connectivity index (χ1v) is 23.0. The van der Waals surface area contributed by atoms with Crippen molar-refractivity contribution < 1.29 is 48.3 Å². The molecule has 0 radical (unpaired) electrons. The molecular weight excluding hydrogens is 952 g/mol. The van der Waals surface area contributed by atoms with Crippen LogP contribution >= 0.6 is 11.6 Å². The molecule has 24 heteroatoms. The van der Waals surface area contributed by atoms with Gasteiger partial charge in [-0.3, -0.25) is 32.6 Å². The van der Waals surface area contributed by atoms with Crippen LogP contribution in [0.5, 0.6) is 0 Å². The Kier molecular flexibility index (Phi) is 12.5. The van der Waals surface area contributed by atoms with Crippen molar-refractivity contribution in [1.29, 1.82) is 0 Å². The lowest BCUT2D eigenvalue weighted by Crippen LogP contribution is -2.37. The lowest BCUT2D eigenvalue weighted by Gasteiger charge is -2.24. The highest BCUT2D eigenvalue weighted by Gasteiger charge is 2.44. The molecule has 9 rings (SSSR count). The Bertz CT molecular complexity index is 3270. The van der Waals surface area contributed by atoms with Crippen LogP contribution in [0.4, 0.5) is 40.9 Å². The quantitative estimate of drug-likeness (QED) is 0.0851. The molecule has 2 aliphatic carbocycles. The number of aryl methyl sites for hydroxylation is 1. The van der Waals surface area contributed by atoms with Crippen molar-refractivity contribution >= 4 is 55.2 Å². The standard InChI is InChI=1S/C44H37ClF8N10O4S/c1-20-54-16-24(17-55-20)22-2-5-28-31(12-22)57-43(63(44(28)65)33-7-6-30(45)38-40(33)62(18-35(50)51)59-42(38)60-68(66,67)27-3-4-27)32(10-21-8-25(48)13-26(49)9-21)56-36(64)19-61-34(15-47)37(29-11-23(29)14-46)39(58-61)41(52)53/h2,5-9,12-13,16-17,23,27,29,32,35,41H,3-4,10-11,14-15,18-19H2,1H3,(H,56,64)(H,59,60)/t23-,29?,32-/m0/s1. The van der Waals surface area contributed by atoms with Gasteiger partial charge in [-0.2, -0.15) is 10.2 Å². The van der Waals surface area contributed by atoms with E-state index in [1.807, 2.05) is 0 Å². The van der Waals surface area contributed by atoms with Gasteiger partial charge in [-0.25, -0.2) is 54.1 Å². The Labute approximate surface area is 385 Å². The molecule has 0 saturated heterocycles. The topological polar surface area (TPSA) is 172 Å². The Balaban J connectivity index is 1.26. The number of nitrogens with one attached hydrogen (secondary N) is 2. The van der Waals surface area contributed by atoms with Gasteiger partial charge in [0.1, 0.15) is 48.7 Å². The summed E-state index contributed by atoms with van der Waals surface area (Å²) in [6.45, 7) is -2.61. The highest BCUT2D eigenvalue weighted by Crippen LogP contribution is 2.51. The van der Waals surface area contributed by atoms with Crippen molar-refractivity contribution in [2.45, 2.75) is 82.4 Å². The van der Waals surface area contributed by atoms with E-state index >= 15 is 4.79 Å². The fraction of sp³-hybridized carbons (Fsp3) is 0.341. The van der Waals surface area contributed by atoms with Gasteiger partial charge in [0.15, 0.2) is 5.82 Å². The molecule has 2 aliphatic rings. The molecule has 14 nitrogen and oxygen atoms in total. The summed E-state index contributed by atoms with van der Waals surface area (Å²) in [6.07, 6.45) is -3.01. The minimum atomic E-state index is -4.09. The Morgan fingerprint density at radius 2 is 1.66 bits per heavy atom. The third-order valence-electron chi connectivity index (χ3n) is 11.8. The van der Waals surface area contributed by atoms with E-state index in [4.69, 9.17) is 16.6 Å². The van der Waals surface area contributed by atoms with E-state index in [1.165, 1.54) is 36.7 Å². The normalized spacial score (nSPS) is 16.6. The third-order valence-corrected chi connectivity index (χ3v) is 14.0. The molecule has 68 heavy (non-hydrogen) atoms. The van der Waals surface area contributed by atoms with Crippen LogP contribution in [0.15, 0.2) is 65.7 Å². The van der Waals surface area contributed by atoms with Crippen LogP contribution in [0, 0.1) is 24.5 Å². The second-order valence-corrected chi connectivity index (χ2v) is 19.0. The number of anilines is 1. The number of hydrogen-bond acceptors (Lipinski definition) is 9. The molecular formula is C44H37ClF8N10O4S. The van der Waals surface area contributed by atoms with Crippen LogP contribution in [-0.4, -0.2) is 71.8 Å². The van der Waals surface area contributed by atoms with Crippen molar-refractivity contribution in [2.75, 3.05) is 11.4 Å². The summed E-state index contributed by atoms with van der Waals surface area (Å²) < 4.78 is 147. The van der Waals surface area contributed by atoms with Gasteiger partial charge in [-0.1, -0.05) is 17.7 Å². The van der Waals surface area contributed by atoms with Crippen LogP contribution in [0.2, 0.25) is 5.02 Å². The summed E-state index contributed by atoms with van der Waals surface area (Å²) in [6, 6.07) is 7.80. The van der Waals surface area contributed by atoms with Crippen molar-refractivity contribution in [3.8, 4) is 16.8 Å². The zero-order valence-corrected chi connectivity index (χ0v) is 37.0. The average molecular weight is 989 g/mol. The van der Waals surface area contributed by atoms with E-state index in [-0.39, 0.29) is 50.1 Å². The average Bonchev–Trinajstić information content (AvgIpc) is 4.21. The van der Waals surface area contributed by atoms with Crippen molar-refractivity contribution in [3.05, 3.63) is 122 Å². The second-order valence-electron chi connectivity index (χ2n) is 16.6. The molecule has 1 amide bonds. The van der Waals surface area contributed by atoms with Crippen LogP contribution in [0.1, 0.15) is 71.8 Å². The number of nitrogens with zero attached hydrogens (tertiary/aromatic N) is 8. The number of hydrogen-bond donors (Lipinski definition) is 2. The Morgan fingerprint density at radius 1 is 0.941 bits per heavy atom. The van der Waals surface area contributed by atoms with E-state index in [2.05, 4.69) is 30.2 Å². The summed E-state index contributed by atoms with van der Waals surface area (Å²) in [4.78, 5) is 42.7. The van der Waals surface area contributed by atoms with Crippen molar-refractivity contribution in [1.82, 2.24) is 44.4 Å². The predicted octanol–water partition coefficient (Wildman–Crippen LogP) is 8.38. The van der Waals surface area contributed by atoms with Gasteiger partial charge in [0.2, 0.25) is 15.9 Å². The monoisotopic (exact) mass is 988 g/mol.